The smallest absolute Gasteiger partial charge is 0.306 e. The van der Waals surface area contributed by atoms with E-state index in [1.54, 1.807) is 0 Å². The maximum Gasteiger partial charge on any atom is 0.306 e. The molecular weight excluding hydrogens is 164 g/mol. The van der Waals surface area contributed by atoms with Crippen LogP contribution in [0.1, 0.15) is 58.3 Å². The molecule has 0 aliphatic carbocycles. The lowest BCUT2D eigenvalue weighted by molar-refractivity contribution is -0.154. The molecule has 0 aromatic carbocycles. The molecule has 0 spiro atoms. The number of ether oxygens (including phenoxy) is 1. The fourth-order valence-electron chi connectivity index (χ4n) is 1.78. The number of unbranched alkanes of at least 4 members (excludes halogenated alkanes) is 3. The first kappa shape index (κ1) is 10.6. The van der Waals surface area contributed by atoms with Crippen LogP contribution in [-0.2, 0) is 9.53 Å². The molecule has 1 heterocycles. The van der Waals surface area contributed by atoms with Crippen molar-refractivity contribution < 1.29 is 9.53 Å². The van der Waals surface area contributed by atoms with Crippen LogP contribution < -0.4 is 0 Å². The van der Waals surface area contributed by atoms with Crippen molar-refractivity contribution in [1.82, 2.24) is 0 Å². The maximum absolute atomic E-state index is 10.9. The van der Waals surface area contributed by atoms with Gasteiger partial charge in [0.05, 0.1) is 0 Å². The molecule has 1 atom stereocenters. The number of rotatable bonds is 5. The molecule has 0 radical (unpaired) electrons. The largest absolute Gasteiger partial charge is 0.462 e. The summed E-state index contributed by atoms with van der Waals surface area (Å²) in [6, 6.07) is 0. The van der Waals surface area contributed by atoms with Crippen molar-refractivity contribution in [3.63, 3.8) is 0 Å². The summed E-state index contributed by atoms with van der Waals surface area (Å²) in [5.74, 6) is 0.00624. The van der Waals surface area contributed by atoms with Gasteiger partial charge in [-0.2, -0.15) is 0 Å². The normalized spacial score (nSPS) is 22.8. The first-order chi connectivity index (χ1) is 6.33. The Kier molecular flexibility index (Phi) is 4.87. The van der Waals surface area contributed by atoms with Crippen LogP contribution in [0.4, 0.5) is 0 Å². The minimum Gasteiger partial charge on any atom is -0.462 e. The molecule has 2 nitrogen and oxygen atoms in total. The summed E-state index contributed by atoms with van der Waals surface area (Å²) in [5.41, 5.74) is 0. The number of hydrogen-bond donors (Lipinski definition) is 0. The first-order valence-corrected chi connectivity index (χ1v) is 5.52. The summed E-state index contributed by atoms with van der Waals surface area (Å²) in [7, 11) is 0. The third kappa shape index (κ3) is 4.30. The van der Waals surface area contributed by atoms with Crippen molar-refractivity contribution in [3.05, 3.63) is 0 Å². The third-order valence-corrected chi connectivity index (χ3v) is 2.58. The minimum absolute atomic E-state index is 0.00624. The van der Waals surface area contributed by atoms with E-state index in [-0.39, 0.29) is 12.1 Å². The molecule has 0 bridgehead atoms. The van der Waals surface area contributed by atoms with Gasteiger partial charge in [0.2, 0.25) is 0 Å². The summed E-state index contributed by atoms with van der Waals surface area (Å²) < 4.78 is 5.23. The van der Waals surface area contributed by atoms with Crippen LogP contribution in [0.15, 0.2) is 0 Å². The van der Waals surface area contributed by atoms with E-state index in [4.69, 9.17) is 4.74 Å². The maximum atomic E-state index is 10.9. The molecule has 76 valence electrons. The van der Waals surface area contributed by atoms with E-state index in [1.165, 1.54) is 25.7 Å². The summed E-state index contributed by atoms with van der Waals surface area (Å²) >= 11 is 0. The van der Waals surface area contributed by atoms with Crippen molar-refractivity contribution in [3.8, 4) is 0 Å². The lowest BCUT2D eigenvalue weighted by Gasteiger charge is -2.21. The Morgan fingerprint density at radius 3 is 2.92 bits per heavy atom. The van der Waals surface area contributed by atoms with Crippen LogP contribution in [0.2, 0.25) is 0 Å². The van der Waals surface area contributed by atoms with E-state index in [9.17, 15) is 4.79 Å². The van der Waals surface area contributed by atoms with Crippen molar-refractivity contribution in [2.24, 2.45) is 0 Å². The molecule has 1 fully saturated rings. The van der Waals surface area contributed by atoms with Crippen LogP contribution in [-0.4, -0.2) is 12.1 Å². The molecule has 1 aliphatic rings. The van der Waals surface area contributed by atoms with Gasteiger partial charge in [-0.25, -0.2) is 0 Å². The zero-order valence-corrected chi connectivity index (χ0v) is 8.55. The number of hydrogen-bond acceptors (Lipinski definition) is 2. The molecule has 0 N–H and O–H groups in total. The summed E-state index contributed by atoms with van der Waals surface area (Å²) in [6.07, 6.45) is 9.12. The van der Waals surface area contributed by atoms with Gasteiger partial charge < -0.3 is 4.74 Å². The fraction of sp³-hybridized carbons (Fsp3) is 0.909. The van der Waals surface area contributed by atoms with Gasteiger partial charge in [0, 0.05) is 6.42 Å². The lowest BCUT2D eigenvalue weighted by Crippen LogP contribution is -2.23. The number of cyclic esters (lactones) is 1. The van der Waals surface area contributed by atoms with E-state index in [0.717, 1.165) is 19.3 Å². The molecule has 1 aliphatic heterocycles. The highest BCUT2D eigenvalue weighted by molar-refractivity contribution is 5.70. The van der Waals surface area contributed by atoms with E-state index in [1.807, 2.05) is 0 Å². The fourth-order valence-corrected chi connectivity index (χ4v) is 1.78. The van der Waals surface area contributed by atoms with Gasteiger partial charge in [0.25, 0.3) is 0 Å². The molecule has 1 rings (SSSR count). The Hall–Kier alpha value is -0.530. The molecule has 0 saturated carbocycles. The van der Waals surface area contributed by atoms with Crippen LogP contribution >= 0.6 is 0 Å². The highest BCUT2D eigenvalue weighted by atomic mass is 16.5. The lowest BCUT2D eigenvalue weighted by atomic mass is 10.0. The molecule has 0 amide bonds. The second-order valence-corrected chi connectivity index (χ2v) is 3.85. The van der Waals surface area contributed by atoms with Gasteiger partial charge in [0.1, 0.15) is 6.10 Å². The molecule has 13 heavy (non-hydrogen) atoms. The number of carbonyl (C=O) groups is 1. The van der Waals surface area contributed by atoms with Crippen LogP contribution in [0, 0.1) is 0 Å². The minimum atomic E-state index is 0.00624. The van der Waals surface area contributed by atoms with Gasteiger partial charge in [-0.1, -0.05) is 26.2 Å². The number of carbonyl (C=O) groups excluding carboxylic acids is 1. The molecule has 2 heteroatoms. The quantitative estimate of drug-likeness (QED) is 0.485. The second kappa shape index (κ2) is 6.01. The summed E-state index contributed by atoms with van der Waals surface area (Å²) in [6.45, 7) is 2.21. The van der Waals surface area contributed by atoms with Gasteiger partial charge in [-0.15, -0.1) is 0 Å². The Labute approximate surface area is 80.7 Å². The van der Waals surface area contributed by atoms with E-state index < -0.39 is 0 Å². The topological polar surface area (TPSA) is 26.3 Å². The van der Waals surface area contributed by atoms with Gasteiger partial charge in [-0.3, -0.25) is 4.79 Å². The molecule has 0 aromatic rings. The molecular formula is C11H20O2. The second-order valence-electron chi connectivity index (χ2n) is 3.85. The molecule has 0 unspecified atom stereocenters. The highest BCUT2D eigenvalue weighted by Crippen LogP contribution is 2.19. The third-order valence-electron chi connectivity index (χ3n) is 2.58. The molecule has 1 saturated heterocycles. The van der Waals surface area contributed by atoms with Crippen LogP contribution in [0.3, 0.4) is 0 Å². The standard InChI is InChI=1S/C11H20O2/c1-2-3-4-5-7-10-8-6-9-11(12)13-10/h10H,2-9H2,1H3/t10-/m0/s1. The monoisotopic (exact) mass is 184 g/mol. The van der Waals surface area contributed by atoms with Gasteiger partial charge >= 0.3 is 5.97 Å². The van der Waals surface area contributed by atoms with Gasteiger partial charge in [-0.05, 0) is 25.7 Å². The Morgan fingerprint density at radius 2 is 2.23 bits per heavy atom. The van der Waals surface area contributed by atoms with Gasteiger partial charge in [0.15, 0.2) is 0 Å². The molecule has 0 aromatic heterocycles. The predicted molar refractivity (Wildman–Crippen MR) is 52.5 cm³/mol. The average molecular weight is 184 g/mol. The van der Waals surface area contributed by atoms with E-state index in [2.05, 4.69) is 6.92 Å². The van der Waals surface area contributed by atoms with Crippen molar-refractivity contribution in [1.29, 1.82) is 0 Å². The zero-order chi connectivity index (χ0) is 9.52. The number of esters is 1. The Bertz CT molecular complexity index is 154. The van der Waals surface area contributed by atoms with Crippen LogP contribution in [0.5, 0.6) is 0 Å². The van der Waals surface area contributed by atoms with E-state index in [0.29, 0.717) is 6.42 Å². The van der Waals surface area contributed by atoms with Crippen LogP contribution in [0.25, 0.3) is 0 Å². The highest BCUT2D eigenvalue weighted by Gasteiger charge is 2.19. The van der Waals surface area contributed by atoms with Crippen molar-refractivity contribution in [2.45, 2.75) is 64.4 Å². The zero-order valence-electron chi connectivity index (χ0n) is 8.55. The van der Waals surface area contributed by atoms with Crippen molar-refractivity contribution in [2.75, 3.05) is 0 Å². The SMILES string of the molecule is CCCCCC[C@H]1CCCC(=O)O1. The predicted octanol–water partition coefficient (Wildman–Crippen LogP) is 3.05. The first-order valence-electron chi connectivity index (χ1n) is 5.52. The van der Waals surface area contributed by atoms with Crippen molar-refractivity contribution >= 4 is 5.97 Å². The summed E-state index contributed by atoms with van der Waals surface area (Å²) in [4.78, 5) is 10.9. The average Bonchev–Trinajstić information content (AvgIpc) is 2.13. The van der Waals surface area contributed by atoms with E-state index >= 15 is 0 Å². The Morgan fingerprint density at radius 1 is 1.38 bits per heavy atom. The summed E-state index contributed by atoms with van der Waals surface area (Å²) in [5, 5.41) is 0. The Balaban J connectivity index is 2.03.